The largest absolute Gasteiger partial charge is 0.379 e. The van der Waals surface area contributed by atoms with Crippen molar-refractivity contribution in [3.05, 3.63) is 40.9 Å². The summed E-state index contributed by atoms with van der Waals surface area (Å²) in [6.45, 7) is 5.23. The molecule has 1 aromatic rings. The number of hydrogen-bond donors (Lipinski definition) is 2. The zero-order chi connectivity index (χ0) is 12.7. The van der Waals surface area contributed by atoms with Crippen molar-refractivity contribution >= 4 is 17.3 Å². The number of rotatable bonds is 6. The summed E-state index contributed by atoms with van der Waals surface area (Å²) in [6.07, 6.45) is 3.22. The van der Waals surface area contributed by atoms with E-state index in [4.69, 9.17) is 11.6 Å². The molecule has 0 radical (unpaired) electrons. The number of hydrogen-bond acceptors (Lipinski definition) is 2. The molecule has 1 rings (SSSR count). The molecule has 0 bridgehead atoms. The second-order valence-electron chi connectivity index (χ2n) is 4.13. The minimum Gasteiger partial charge on any atom is -0.379 e. The van der Waals surface area contributed by atoms with Gasteiger partial charge in [0.15, 0.2) is 0 Å². The van der Waals surface area contributed by atoms with E-state index in [1.807, 2.05) is 31.3 Å². The Hall–Kier alpha value is -0.990. The Kier molecular flexibility index (Phi) is 6.09. The molecule has 1 aromatic carbocycles. The van der Waals surface area contributed by atoms with Crippen LogP contribution in [0, 0.1) is 0 Å². The summed E-state index contributed by atoms with van der Waals surface area (Å²) < 4.78 is 0. The first-order chi connectivity index (χ1) is 8.17. The number of halogens is 1. The smallest absolute Gasteiger partial charge is 0.0483 e. The van der Waals surface area contributed by atoms with E-state index >= 15 is 0 Å². The van der Waals surface area contributed by atoms with Crippen molar-refractivity contribution in [2.24, 2.45) is 0 Å². The van der Waals surface area contributed by atoms with Crippen LogP contribution in [-0.4, -0.2) is 19.6 Å². The molecule has 0 saturated carbocycles. The van der Waals surface area contributed by atoms with E-state index < -0.39 is 0 Å². The van der Waals surface area contributed by atoms with Crippen LogP contribution in [0.2, 0.25) is 5.02 Å². The highest BCUT2D eigenvalue weighted by Gasteiger charge is 2.09. The van der Waals surface area contributed by atoms with Gasteiger partial charge >= 0.3 is 0 Å². The lowest BCUT2D eigenvalue weighted by Gasteiger charge is -2.20. The van der Waals surface area contributed by atoms with E-state index in [1.54, 1.807) is 0 Å². The molecule has 2 nitrogen and oxygen atoms in total. The van der Waals surface area contributed by atoms with Crippen LogP contribution >= 0.6 is 11.6 Å². The Bertz CT molecular complexity index is 357. The van der Waals surface area contributed by atoms with Crippen LogP contribution in [-0.2, 0) is 0 Å². The molecule has 3 heteroatoms. The van der Waals surface area contributed by atoms with Gasteiger partial charge in [-0.15, -0.1) is 0 Å². The summed E-state index contributed by atoms with van der Waals surface area (Å²) in [4.78, 5) is 0. The molecule has 0 fully saturated rings. The summed E-state index contributed by atoms with van der Waals surface area (Å²) >= 11 is 5.87. The third-order valence-corrected chi connectivity index (χ3v) is 3.13. The Balaban J connectivity index is 2.68. The third-order valence-electron chi connectivity index (χ3n) is 2.87. The zero-order valence-corrected chi connectivity index (χ0v) is 11.5. The van der Waals surface area contributed by atoms with Gasteiger partial charge in [-0.3, -0.25) is 0 Å². The average Bonchev–Trinajstić information content (AvgIpc) is 2.36. The van der Waals surface area contributed by atoms with Gasteiger partial charge < -0.3 is 10.6 Å². The fourth-order valence-electron chi connectivity index (χ4n) is 1.65. The van der Waals surface area contributed by atoms with E-state index in [2.05, 4.69) is 30.6 Å². The maximum Gasteiger partial charge on any atom is 0.0483 e. The van der Waals surface area contributed by atoms with E-state index in [0.717, 1.165) is 23.7 Å². The molecule has 0 spiro atoms. The average molecular weight is 253 g/mol. The second-order valence-corrected chi connectivity index (χ2v) is 4.57. The van der Waals surface area contributed by atoms with Crippen molar-refractivity contribution in [1.29, 1.82) is 0 Å². The van der Waals surface area contributed by atoms with Gasteiger partial charge in [-0.05, 0) is 58.1 Å². The van der Waals surface area contributed by atoms with Crippen LogP contribution in [0.3, 0.4) is 0 Å². The highest BCUT2D eigenvalue weighted by molar-refractivity contribution is 6.30. The first kappa shape index (κ1) is 14.1. The molecule has 94 valence electrons. The van der Waals surface area contributed by atoms with Gasteiger partial charge in [0.05, 0.1) is 0 Å². The molecule has 0 aliphatic carbocycles. The standard InChI is InChI=1S/C14H21ClN2/c1-4-11(2)14(9-10-16-3)17-13-7-5-12(15)6-8-13/h4-8,14,16-17H,9-10H2,1-3H3/b11-4+. The minimum absolute atomic E-state index is 0.369. The fourth-order valence-corrected chi connectivity index (χ4v) is 1.78. The zero-order valence-electron chi connectivity index (χ0n) is 10.8. The van der Waals surface area contributed by atoms with E-state index in [0.29, 0.717) is 6.04 Å². The molecule has 0 heterocycles. The first-order valence-corrected chi connectivity index (χ1v) is 6.34. The molecular weight excluding hydrogens is 232 g/mol. The summed E-state index contributed by atoms with van der Waals surface area (Å²) in [5.41, 5.74) is 2.46. The Morgan fingerprint density at radius 2 is 2.00 bits per heavy atom. The molecule has 0 aromatic heterocycles. The maximum absolute atomic E-state index is 5.87. The van der Waals surface area contributed by atoms with Gasteiger partial charge in [0.1, 0.15) is 0 Å². The predicted molar refractivity (Wildman–Crippen MR) is 76.8 cm³/mol. The first-order valence-electron chi connectivity index (χ1n) is 5.97. The lowest BCUT2D eigenvalue weighted by atomic mass is 10.0. The van der Waals surface area contributed by atoms with Crippen LogP contribution in [0.15, 0.2) is 35.9 Å². The molecule has 1 unspecified atom stereocenters. The van der Waals surface area contributed by atoms with Gasteiger partial charge in [0.25, 0.3) is 0 Å². The quantitative estimate of drug-likeness (QED) is 0.755. The maximum atomic E-state index is 5.87. The molecule has 17 heavy (non-hydrogen) atoms. The Labute approximate surface area is 109 Å². The molecule has 0 amide bonds. The lowest BCUT2D eigenvalue weighted by Crippen LogP contribution is -2.25. The molecule has 2 N–H and O–H groups in total. The topological polar surface area (TPSA) is 24.1 Å². The van der Waals surface area contributed by atoms with Crippen LogP contribution in [0.5, 0.6) is 0 Å². The monoisotopic (exact) mass is 252 g/mol. The van der Waals surface area contributed by atoms with Crippen LogP contribution in [0.1, 0.15) is 20.3 Å². The molecule has 0 aliphatic rings. The lowest BCUT2D eigenvalue weighted by molar-refractivity contribution is 0.670. The fraction of sp³-hybridized carbons (Fsp3) is 0.429. The second kappa shape index (κ2) is 7.36. The van der Waals surface area contributed by atoms with Crippen molar-refractivity contribution in [3.8, 4) is 0 Å². The summed E-state index contributed by atoms with van der Waals surface area (Å²) in [7, 11) is 1.98. The Morgan fingerprint density at radius 1 is 1.35 bits per heavy atom. The van der Waals surface area contributed by atoms with Gasteiger partial charge in [0, 0.05) is 16.8 Å². The number of nitrogens with one attached hydrogen (secondary N) is 2. The van der Waals surface area contributed by atoms with E-state index in [1.165, 1.54) is 5.57 Å². The molecular formula is C14H21ClN2. The van der Waals surface area contributed by atoms with Gasteiger partial charge in [-0.1, -0.05) is 23.3 Å². The normalized spacial score (nSPS) is 13.5. The molecule has 0 aliphatic heterocycles. The highest BCUT2D eigenvalue weighted by Crippen LogP contribution is 2.17. The van der Waals surface area contributed by atoms with Crippen LogP contribution < -0.4 is 10.6 Å². The Morgan fingerprint density at radius 3 is 2.53 bits per heavy atom. The molecule has 1 atom stereocenters. The number of benzene rings is 1. The van der Waals surface area contributed by atoms with E-state index in [9.17, 15) is 0 Å². The van der Waals surface area contributed by atoms with Crippen LogP contribution in [0.4, 0.5) is 5.69 Å². The van der Waals surface area contributed by atoms with E-state index in [-0.39, 0.29) is 0 Å². The third kappa shape index (κ3) is 4.80. The molecule has 0 saturated heterocycles. The van der Waals surface area contributed by atoms with Crippen LogP contribution in [0.25, 0.3) is 0 Å². The SMILES string of the molecule is C/C=C(\C)C(CCNC)Nc1ccc(Cl)cc1. The van der Waals surface area contributed by atoms with Crippen molar-refractivity contribution in [2.45, 2.75) is 26.3 Å². The van der Waals surface area contributed by atoms with Crippen molar-refractivity contribution in [1.82, 2.24) is 5.32 Å². The predicted octanol–water partition coefficient (Wildman–Crippen LogP) is 3.70. The summed E-state index contributed by atoms with van der Waals surface area (Å²) in [5, 5.41) is 7.48. The van der Waals surface area contributed by atoms with Crippen molar-refractivity contribution in [2.75, 3.05) is 18.9 Å². The minimum atomic E-state index is 0.369. The van der Waals surface area contributed by atoms with Gasteiger partial charge in [0.2, 0.25) is 0 Å². The van der Waals surface area contributed by atoms with Crippen molar-refractivity contribution in [3.63, 3.8) is 0 Å². The summed E-state index contributed by atoms with van der Waals surface area (Å²) in [6, 6.07) is 8.21. The van der Waals surface area contributed by atoms with Gasteiger partial charge in [-0.2, -0.15) is 0 Å². The number of anilines is 1. The number of allylic oxidation sites excluding steroid dienone is 1. The summed E-state index contributed by atoms with van der Waals surface area (Å²) in [5.74, 6) is 0. The van der Waals surface area contributed by atoms with Gasteiger partial charge in [-0.25, -0.2) is 0 Å². The van der Waals surface area contributed by atoms with Crippen molar-refractivity contribution < 1.29 is 0 Å². The highest BCUT2D eigenvalue weighted by atomic mass is 35.5.